The second-order valence-electron chi connectivity index (χ2n) is 6.61. The SMILES string of the molecule is CC(C)(C)OC(=O)NCCCNc1c([N+](=O)[O-])c(Cl)nc2ccccc12. The highest BCUT2D eigenvalue weighted by Gasteiger charge is 2.23. The zero-order chi connectivity index (χ0) is 19.3. The van der Waals surface area contributed by atoms with Gasteiger partial charge >= 0.3 is 11.8 Å². The van der Waals surface area contributed by atoms with Gasteiger partial charge in [-0.3, -0.25) is 10.1 Å². The number of aromatic nitrogens is 1. The van der Waals surface area contributed by atoms with Gasteiger partial charge in [0.25, 0.3) is 0 Å². The molecule has 9 heteroatoms. The first kappa shape index (κ1) is 19.7. The van der Waals surface area contributed by atoms with Crippen LogP contribution in [0.3, 0.4) is 0 Å². The third-order valence-corrected chi connectivity index (χ3v) is 3.59. The number of alkyl carbamates (subject to hydrolysis) is 1. The van der Waals surface area contributed by atoms with Gasteiger partial charge in [-0.05, 0) is 33.3 Å². The predicted octanol–water partition coefficient (Wildman–Crippen LogP) is 4.12. The molecule has 1 aromatic carbocycles. The van der Waals surface area contributed by atoms with E-state index in [1.54, 1.807) is 45.0 Å². The number of fused-ring (bicyclic) bond motifs is 1. The number of carbonyl (C=O) groups excluding carboxylic acids is 1. The number of ether oxygens (including phenoxy) is 1. The smallest absolute Gasteiger partial charge is 0.407 e. The molecular formula is C17H21ClN4O4. The van der Waals surface area contributed by atoms with Crippen molar-refractivity contribution in [3.05, 3.63) is 39.5 Å². The monoisotopic (exact) mass is 380 g/mol. The second kappa shape index (κ2) is 8.18. The minimum Gasteiger partial charge on any atom is -0.444 e. The molecule has 0 unspecified atom stereocenters. The Labute approximate surface area is 156 Å². The van der Waals surface area contributed by atoms with Crippen molar-refractivity contribution < 1.29 is 14.5 Å². The Bertz CT molecular complexity index is 820. The van der Waals surface area contributed by atoms with Crippen molar-refractivity contribution in [2.45, 2.75) is 32.8 Å². The van der Waals surface area contributed by atoms with E-state index in [1.807, 2.05) is 0 Å². The van der Waals surface area contributed by atoms with E-state index in [0.717, 1.165) is 0 Å². The maximum Gasteiger partial charge on any atom is 0.407 e. The Morgan fingerprint density at radius 3 is 2.65 bits per heavy atom. The van der Waals surface area contributed by atoms with Crippen LogP contribution >= 0.6 is 11.6 Å². The molecule has 0 radical (unpaired) electrons. The summed E-state index contributed by atoms with van der Waals surface area (Å²) in [5, 5.41) is 17.5. The van der Waals surface area contributed by atoms with E-state index in [2.05, 4.69) is 15.6 Å². The van der Waals surface area contributed by atoms with Crippen molar-refractivity contribution in [1.29, 1.82) is 0 Å². The van der Waals surface area contributed by atoms with E-state index < -0.39 is 16.6 Å². The van der Waals surface area contributed by atoms with Crippen LogP contribution in [0.5, 0.6) is 0 Å². The van der Waals surface area contributed by atoms with Crippen LogP contribution in [0, 0.1) is 10.1 Å². The lowest BCUT2D eigenvalue weighted by molar-refractivity contribution is -0.384. The van der Waals surface area contributed by atoms with Gasteiger partial charge in [0, 0.05) is 18.5 Å². The van der Waals surface area contributed by atoms with Crippen LogP contribution in [-0.2, 0) is 4.74 Å². The third kappa shape index (κ3) is 5.19. The Morgan fingerprint density at radius 1 is 1.31 bits per heavy atom. The first-order chi connectivity index (χ1) is 12.2. The summed E-state index contributed by atoms with van der Waals surface area (Å²) in [6.07, 6.45) is 0.0471. The number of para-hydroxylation sites is 1. The fourth-order valence-electron chi connectivity index (χ4n) is 2.32. The van der Waals surface area contributed by atoms with Crippen molar-refractivity contribution in [1.82, 2.24) is 10.3 Å². The average Bonchev–Trinajstić information content (AvgIpc) is 2.52. The molecule has 0 saturated heterocycles. The van der Waals surface area contributed by atoms with Crippen LogP contribution in [0.1, 0.15) is 27.2 Å². The molecule has 140 valence electrons. The van der Waals surface area contributed by atoms with E-state index in [0.29, 0.717) is 36.1 Å². The maximum absolute atomic E-state index is 11.6. The van der Waals surface area contributed by atoms with E-state index in [-0.39, 0.29) is 10.8 Å². The Kier molecular flexibility index (Phi) is 6.20. The number of pyridine rings is 1. The van der Waals surface area contributed by atoms with Crippen molar-refractivity contribution in [2.24, 2.45) is 0 Å². The molecule has 1 aromatic heterocycles. The second-order valence-corrected chi connectivity index (χ2v) is 6.97. The highest BCUT2D eigenvalue weighted by Crippen LogP contribution is 2.37. The average molecular weight is 381 g/mol. The molecule has 0 aliphatic rings. The highest BCUT2D eigenvalue weighted by molar-refractivity contribution is 6.33. The molecule has 0 atom stereocenters. The third-order valence-electron chi connectivity index (χ3n) is 3.33. The van der Waals surface area contributed by atoms with Crippen LogP contribution in [-0.4, -0.2) is 34.7 Å². The summed E-state index contributed by atoms with van der Waals surface area (Å²) >= 11 is 5.98. The summed E-state index contributed by atoms with van der Waals surface area (Å²) in [6.45, 7) is 6.12. The Balaban J connectivity index is 2.03. The number of carbonyl (C=O) groups is 1. The fraction of sp³-hybridized carbons (Fsp3) is 0.412. The number of nitro groups is 1. The number of hydrogen-bond acceptors (Lipinski definition) is 6. The summed E-state index contributed by atoms with van der Waals surface area (Å²) < 4.78 is 5.14. The molecule has 2 aromatic rings. The normalized spacial score (nSPS) is 11.2. The van der Waals surface area contributed by atoms with Crippen molar-refractivity contribution >= 4 is 40.0 Å². The van der Waals surface area contributed by atoms with Crippen molar-refractivity contribution in [3.8, 4) is 0 Å². The summed E-state index contributed by atoms with van der Waals surface area (Å²) in [5.74, 6) is 0. The number of benzene rings is 1. The molecular weight excluding hydrogens is 360 g/mol. The minimum atomic E-state index is -0.560. The first-order valence-corrected chi connectivity index (χ1v) is 8.50. The van der Waals surface area contributed by atoms with Gasteiger partial charge in [0.15, 0.2) is 0 Å². The maximum atomic E-state index is 11.6. The molecule has 1 amide bonds. The minimum absolute atomic E-state index is 0.164. The van der Waals surface area contributed by atoms with Gasteiger partial charge in [-0.2, -0.15) is 0 Å². The Hall–Kier alpha value is -2.61. The number of halogens is 1. The fourth-order valence-corrected chi connectivity index (χ4v) is 2.58. The van der Waals surface area contributed by atoms with E-state index in [4.69, 9.17) is 16.3 Å². The molecule has 0 spiro atoms. The van der Waals surface area contributed by atoms with Gasteiger partial charge in [0.1, 0.15) is 11.3 Å². The molecule has 0 bridgehead atoms. The summed E-state index contributed by atoms with van der Waals surface area (Å²) in [5.41, 5.74) is 0.0705. The van der Waals surface area contributed by atoms with Gasteiger partial charge in [0.2, 0.25) is 5.15 Å². The molecule has 0 aliphatic carbocycles. The molecule has 2 N–H and O–H groups in total. The largest absolute Gasteiger partial charge is 0.444 e. The lowest BCUT2D eigenvalue weighted by Crippen LogP contribution is -2.33. The first-order valence-electron chi connectivity index (χ1n) is 8.12. The zero-order valence-electron chi connectivity index (χ0n) is 14.8. The van der Waals surface area contributed by atoms with E-state index >= 15 is 0 Å². The number of nitrogens with zero attached hydrogens (tertiary/aromatic N) is 2. The highest BCUT2D eigenvalue weighted by atomic mass is 35.5. The zero-order valence-corrected chi connectivity index (χ0v) is 15.6. The van der Waals surface area contributed by atoms with Crippen molar-refractivity contribution in [2.75, 3.05) is 18.4 Å². The summed E-state index contributed by atoms with van der Waals surface area (Å²) in [7, 11) is 0. The van der Waals surface area contributed by atoms with E-state index in [1.165, 1.54) is 0 Å². The topological polar surface area (TPSA) is 106 Å². The molecule has 2 rings (SSSR count). The lowest BCUT2D eigenvalue weighted by Gasteiger charge is -2.19. The van der Waals surface area contributed by atoms with Crippen LogP contribution in [0.15, 0.2) is 24.3 Å². The number of anilines is 1. The standard InChI is InChI=1S/C17H21ClN4O4/c1-17(2,3)26-16(23)20-10-6-9-19-13-11-7-4-5-8-12(11)21-15(18)14(13)22(24)25/h4-5,7-8H,6,9-10H2,1-3H3,(H,19,21)(H,20,23). The molecule has 1 heterocycles. The van der Waals surface area contributed by atoms with Gasteiger partial charge in [0.05, 0.1) is 10.4 Å². The molecule has 0 saturated carbocycles. The van der Waals surface area contributed by atoms with Crippen LogP contribution in [0.2, 0.25) is 5.15 Å². The van der Waals surface area contributed by atoms with E-state index in [9.17, 15) is 14.9 Å². The molecule has 8 nitrogen and oxygen atoms in total. The summed E-state index contributed by atoms with van der Waals surface area (Å²) in [6, 6.07) is 7.04. The number of nitrogens with one attached hydrogen (secondary N) is 2. The lowest BCUT2D eigenvalue weighted by atomic mass is 10.1. The predicted molar refractivity (Wildman–Crippen MR) is 101 cm³/mol. The number of amides is 1. The van der Waals surface area contributed by atoms with Crippen LogP contribution < -0.4 is 10.6 Å². The number of rotatable bonds is 6. The van der Waals surface area contributed by atoms with Crippen LogP contribution in [0.4, 0.5) is 16.2 Å². The van der Waals surface area contributed by atoms with Gasteiger partial charge in [-0.15, -0.1) is 0 Å². The quantitative estimate of drug-likeness (QED) is 0.338. The van der Waals surface area contributed by atoms with Crippen LogP contribution in [0.25, 0.3) is 10.9 Å². The Morgan fingerprint density at radius 2 is 2.00 bits per heavy atom. The molecule has 26 heavy (non-hydrogen) atoms. The number of hydrogen-bond donors (Lipinski definition) is 2. The molecule has 0 fully saturated rings. The van der Waals surface area contributed by atoms with Gasteiger partial charge in [-0.1, -0.05) is 29.8 Å². The summed E-state index contributed by atoms with van der Waals surface area (Å²) in [4.78, 5) is 26.5. The van der Waals surface area contributed by atoms with Gasteiger partial charge in [-0.25, -0.2) is 9.78 Å². The van der Waals surface area contributed by atoms with Crippen molar-refractivity contribution in [3.63, 3.8) is 0 Å². The van der Waals surface area contributed by atoms with Gasteiger partial charge < -0.3 is 15.4 Å². The molecule has 0 aliphatic heterocycles.